The van der Waals surface area contributed by atoms with Crippen molar-refractivity contribution < 1.29 is 0 Å². The van der Waals surface area contributed by atoms with Gasteiger partial charge in [0.1, 0.15) is 0 Å². The van der Waals surface area contributed by atoms with Crippen LogP contribution < -0.4 is 5.73 Å². The van der Waals surface area contributed by atoms with E-state index in [0.29, 0.717) is 22.5 Å². The molecule has 0 aromatic heterocycles. The topological polar surface area (TPSA) is 29.3 Å². The van der Waals surface area contributed by atoms with Crippen LogP contribution in [0.15, 0.2) is 18.2 Å². The maximum Gasteiger partial charge on any atom is 0.0471 e. The second-order valence-corrected chi connectivity index (χ2v) is 5.93. The summed E-state index contributed by atoms with van der Waals surface area (Å²) in [6.07, 6.45) is 1.17. The minimum Gasteiger partial charge on any atom is -0.329 e. The Kier molecular flexibility index (Phi) is 7.16. The van der Waals surface area contributed by atoms with Crippen LogP contribution in [-0.4, -0.2) is 24.5 Å². The van der Waals surface area contributed by atoms with Gasteiger partial charge in [0.05, 0.1) is 0 Å². The Labute approximate surface area is 126 Å². The van der Waals surface area contributed by atoms with E-state index in [9.17, 15) is 0 Å². The van der Waals surface area contributed by atoms with Crippen LogP contribution in [-0.2, 0) is 0 Å². The van der Waals surface area contributed by atoms with Crippen molar-refractivity contribution in [1.82, 2.24) is 4.90 Å². The predicted octanol–water partition coefficient (Wildman–Crippen LogP) is 4.36. The SMILES string of the molecule is CCC(C)CN(CC)C(CN)c1cc(Cl)cc(Cl)c1. The molecule has 0 fully saturated rings. The average Bonchev–Trinajstić information content (AvgIpc) is 2.37. The molecule has 0 heterocycles. The first kappa shape index (κ1) is 16.8. The van der Waals surface area contributed by atoms with Crippen LogP contribution in [0.2, 0.25) is 10.0 Å². The molecule has 0 aliphatic heterocycles. The van der Waals surface area contributed by atoms with E-state index in [2.05, 4.69) is 25.7 Å². The van der Waals surface area contributed by atoms with E-state index in [1.54, 1.807) is 6.07 Å². The summed E-state index contributed by atoms with van der Waals surface area (Å²) in [4.78, 5) is 2.40. The van der Waals surface area contributed by atoms with E-state index in [-0.39, 0.29) is 6.04 Å². The highest BCUT2D eigenvalue weighted by Gasteiger charge is 2.20. The lowest BCUT2D eigenvalue weighted by Gasteiger charge is -2.32. The molecular formula is C15H24Cl2N2. The lowest BCUT2D eigenvalue weighted by Crippen LogP contribution is -2.36. The van der Waals surface area contributed by atoms with Gasteiger partial charge in [0.15, 0.2) is 0 Å². The molecule has 0 aliphatic rings. The maximum absolute atomic E-state index is 6.09. The van der Waals surface area contributed by atoms with Crippen LogP contribution >= 0.6 is 23.2 Å². The molecule has 2 nitrogen and oxygen atoms in total. The van der Waals surface area contributed by atoms with Crippen LogP contribution in [0.5, 0.6) is 0 Å². The molecule has 1 rings (SSSR count). The largest absolute Gasteiger partial charge is 0.329 e. The minimum absolute atomic E-state index is 0.176. The summed E-state index contributed by atoms with van der Waals surface area (Å²) in [6.45, 7) is 9.22. The molecule has 0 spiro atoms. The summed E-state index contributed by atoms with van der Waals surface area (Å²) < 4.78 is 0. The molecule has 19 heavy (non-hydrogen) atoms. The van der Waals surface area contributed by atoms with Crippen molar-refractivity contribution in [3.63, 3.8) is 0 Å². The summed E-state index contributed by atoms with van der Waals surface area (Å²) in [6, 6.07) is 5.86. The lowest BCUT2D eigenvalue weighted by molar-refractivity contribution is 0.182. The van der Waals surface area contributed by atoms with Gasteiger partial charge in [-0.15, -0.1) is 0 Å². The molecule has 0 saturated heterocycles. The van der Waals surface area contributed by atoms with Gasteiger partial charge in [-0.2, -0.15) is 0 Å². The molecule has 0 bridgehead atoms. The number of benzene rings is 1. The van der Waals surface area contributed by atoms with Gasteiger partial charge in [0.2, 0.25) is 0 Å². The molecule has 2 N–H and O–H groups in total. The molecule has 0 amide bonds. The van der Waals surface area contributed by atoms with Crippen LogP contribution in [0.1, 0.15) is 38.8 Å². The van der Waals surface area contributed by atoms with Gasteiger partial charge in [-0.1, -0.05) is 50.4 Å². The third kappa shape index (κ3) is 4.96. The Hall–Kier alpha value is -0.280. The van der Waals surface area contributed by atoms with Gasteiger partial charge in [0, 0.05) is 29.2 Å². The lowest BCUT2D eigenvalue weighted by atomic mass is 10.0. The summed E-state index contributed by atoms with van der Waals surface area (Å²) in [5.41, 5.74) is 7.07. The van der Waals surface area contributed by atoms with Crippen LogP contribution in [0.4, 0.5) is 0 Å². The zero-order chi connectivity index (χ0) is 14.4. The first-order valence-corrected chi connectivity index (χ1v) is 7.67. The minimum atomic E-state index is 0.176. The Morgan fingerprint density at radius 1 is 1.16 bits per heavy atom. The second kappa shape index (κ2) is 8.11. The van der Waals surface area contributed by atoms with Crippen molar-refractivity contribution in [3.8, 4) is 0 Å². The number of halogens is 2. The molecule has 1 aromatic rings. The molecule has 2 atom stereocenters. The fraction of sp³-hybridized carbons (Fsp3) is 0.600. The van der Waals surface area contributed by atoms with E-state index >= 15 is 0 Å². The third-order valence-electron chi connectivity index (χ3n) is 3.58. The Bertz CT molecular complexity index is 375. The highest BCUT2D eigenvalue weighted by Crippen LogP contribution is 2.27. The summed E-state index contributed by atoms with van der Waals surface area (Å²) >= 11 is 12.2. The second-order valence-electron chi connectivity index (χ2n) is 5.06. The summed E-state index contributed by atoms with van der Waals surface area (Å²) in [5.74, 6) is 0.656. The quantitative estimate of drug-likeness (QED) is 0.811. The monoisotopic (exact) mass is 302 g/mol. The molecule has 0 aliphatic carbocycles. The molecule has 1 aromatic carbocycles. The first-order valence-electron chi connectivity index (χ1n) is 6.91. The van der Waals surface area contributed by atoms with Crippen LogP contribution in [0.25, 0.3) is 0 Å². The number of nitrogens with zero attached hydrogens (tertiary/aromatic N) is 1. The standard InChI is InChI=1S/C15H24Cl2N2/c1-4-11(3)10-19(5-2)15(9-18)12-6-13(16)8-14(17)7-12/h6-8,11,15H,4-5,9-10,18H2,1-3H3. The van der Waals surface area contributed by atoms with E-state index < -0.39 is 0 Å². The molecule has 4 heteroatoms. The fourth-order valence-corrected chi connectivity index (χ4v) is 2.81. The number of nitrogens with two attached hydrogens (primary N) is 1. The van der Waals surface area contributed by atoms with Gasteiger partial charge in [-0.3, -0.25) is 4.90 Å². The van der Waals surface area contributed by atoms with E-state index in [1.165, 1.54) is 6.42 Å². The van der Waals surface area contributed by atoms with Crippen molar-refractivity contribution in [2.24, 2.45) is 11.7 Å². The summed E-state index contributed by atoms with van der Waals surface area (Å²) in [5, 5.41) is 1.33. The average molecular weight is 303 g/mol. The van der Waals surface area contributed by atoms with Crippen molar-refractivity contribution >= 4 is 23.2 Å². The first-order chi connectivity index (χ1) is 9.01. The third-order valence-corrected chi connectivity index (χ3v) is 4.02. The van der Waals surface area contributed by atoms with Gasteiger partial charge >= 0.3 is 0 Å². The van der Waals surface area contributed by atoms with Crippen LogP contribution in [0.3, 0.4) is 0 Å². The van der Waals surface area contributed by atoms with Crippen LogP contribution in [0, 0.1) is 5.92 Å². The zero-order valence-corrected chi connectivity index (χ0v) is 13.5. The number of likely N-dealkylation sites (N-methyl/N-ethyl adjacent to an activating group) is 1. The predicted molar refractivity (Wildman–Crippen MR) is 85.0 cm³/mol. The number of hydrogen-bond donors (Lipinski definition) is 1. The molecule has 108 valence electrons. The maximum atomic E-state index is 6.09. The van der Waals surface area contributed by atoms with Crippen molar-refractivity contribution in [2.75, 3.05) is 19.6 Å². The summed E-state index contributed by atoms with van der Waals surface area (Å²) in [7, 11) is 0. The fourth-order valence-electron chi connectivity index (χ4n) is 2.27. The Balaban J connectivity index is 2.96. The molecule has 0 radical (unpaired) electrons. The Morgan fingerprint density at radius 3 is 2.16 bits per heavy atom. The van der Waals surface area contributed by atoms with E-state index in [0.717, 1.165) is 18.7 Å². The van der Waals surface area contributed by atoms with Gasteiger partial charge in [-0.25, -0.2) is 0 Å². The highest BCUT2D eigenvalue weighted by atomic mass is 35.5. The normalized spacial score (nSPS) is 14.7. The smallest absolute Gasteiger partial charge is 0.0471 e. The zero-order valence-electron chi connectivity index (χ0n) is 12.0. The van der Waals surface area contributed by atoms with Crippen molar-refractivity contribution in [2.45, 2.75) is 33.2 Å². The van der Waals surface area contributed by atoms with Gasteiger partial charge in [0.25, 0.3) is 0 Å². The number of hydrogen-bond acceptors (Lipinski definition) is 2. The number of rotatable bonds is 7. The van der Waals surface area contributed by atoms with Crippen molar-refractivity contribution in [1.29, 1.82) is 0 Å². The van der Waals surface area contributed by atoms with Gasteiger partial charge in [-0.05, 0) is 36.2 Å². The highest BCUT2D eigenvalue weighted by molar-refractivity contribution is 6.34. The van der Waals surface area contributed by atoms with E-state index in [1.807, 2.05) is 12.1 Å². The Morgan fingerprint density at radius 2 is 1.74 bits per heavy atom. The molecule has 0 saturated carbocycles. The van der Waals surface area contributed by atoms with Gasteiger partial charge < -0.3 is 5.73 Å². The van der Waals surface area contributed by atoms with Crippen molar-refractivity contribution in [3.05, 3.63) is 33.8 Å². The molecular weight excluding hydrogens is 279 g/mol. The van der Waals surface area contributed by atoms with E-state index in [4.69, 9.17) is 28.9 Å². The molecule has 2 unspecified atom stereocenters.